The smallest absolute Gasteiger partial charge is 0.404 e. The van der Waals surface area contributed by atoms with E-state index in [4.69, 9.17) is 5.11 Å². The summed E-state index contributed by atoms with van der Waals surface area (Å²) in [4.78, 5) is 26.0. The number of pyridine rings is 1. The van der Waals surface area contributed by atoms with Crippen LogP contribution in [0.25, 0.3) is 11.0 Å². The van der Waals surface area contributed by atoms with E-state index in [2.05, 4.69) is 15.6 Å². The highest BCUT2D eigenvalue weighted by Gasteiger charge is 2.30. The molecule has 1 aromatic carbocycles. The van der Waals surface area contributed by atoms with Crippen molar-refractivity contribution in [1.82, 2.24) is 14.3 Å². The second-order valence-corrected chi connectivity index (χ2v) is 9.06. The van der Waals surface area contributed by atoms with E-state index < -0.39 is 21.0 Å². The van der Waals surface area contributed by atoms with Crippen LogP contribution < -0.4 is 10.6 Å². The Bertz CT molecular complexity index is 1260. The second kappa shape index (κ2) is 7.87. The van der Waals surface area contributed by atoms with Crippen molar-refractivity contribution in [3.8, 4) is 0 Å². The van der Waals surface area contributed by atoms with Gasteiger partial charge in [-0.05, 0) is 37.5 Å². The van der Waals surface area contributed by atoms with Crippen LogP contribution in [0, 0.1) is 10.1 Å². The van der Waals surface area contributed by atoms with Gasteiger partial charge in [0.05, 0.1) is 15.2 Å². The molecule has 2 atom stereocenters. The molecular formula is C19H19N5O6S. The first kappa shape index (κ1) is 20.6. The highest BCUT2D eigenvalue weighted by Crippen LogP contribution is 2.36. The average Bonchev–Trinajstić information content (AvgIpc) is 3.35. The molecule has 11 nitrogen and oxygen atoms in total. The van der Waals surface area contributed by atoms with Crippen molar-refractivity contribution in [2.75, 3.05) is 5.32 Å². The van der Waals surface area contributed by atoms with E-state index in [0.717, 1.165) is 10.2 Å². The fourth-order valence-corrected chi connectivity index (χ4v) is 5.19. The molecule has 162 valence electrons. The number of carbonyl (C=O) groups is 1. The zero-order valence-corrected chi connectivity index (χ0v) is 16.9. The highest BCUT2D eigenvalue weighted by atomic mass is 32.2. The second-order valence-electron chi connectivity index (χ2n) is 7.24. The number of anilines is 1. The zero-order valence-electron chi connectivity index (χ0n) is 16.1. The van der Waals surface area contributed by atoms with Crippen molar-refractivity contribution < 1.29 is 23.2 Å². The predicted octanol–water partition coefficient (Wildman–Crippen LogP) is 2.78. The molecule has 1 saturated carbocycles. The molecule has 0 bridgehead atoms. The lowest BCUT2D eigenvalue weighted by Crippen LogP contribution is -2.32. The van der Waals surface area contributed by atoms with Crippen molar-refractivity contribution in [2.45, 2.75) is 36.2 Å². The first-order chi connectivity index (χ1) is 14.8. The Kier molecular flexibility index (Phi) is 5.23. The van der Waals surface area contributed by atoms with Gasteiger partial charge in [-0.15, -0.1) is 0 Å². The number of hydrogen-bond donors (Lipinski definition) is 3. The van der Waals surface area contributed by atoms with Crippen LogP contribution in [0.5, 0.6) is 0 Å². The molecule has 3 aromatic rings. The maximum Gasteiger partial charge on any atom is 0.404 e. The van der Waals surface area contributed by atoms with Gasteiger partial charge in [0.15, 0.2) is 5.65 Å². The molecule has 1 aliphatic carbocycles. The SMILES string of the molecule is O=C(O)N[C@@H]1CC[C@@H](Nc2c([N+](=O)[O-])cnc3c2ccn3S(=O)(=O)c2ccccc2)C1. The van der Waals surface area contributed by atoms with Crippen molar-refractivity contribution >= 4 is 38.5 Å². The summed E-state index contributed by atoms with van der Waals surface area (Å²) in [6.07, 6.45) is 2.88. The number of aromatic nitrogens is 2. The standard InChI is InChI=1S/C19H19N5O6S/c25-19(26)22-13-7-6-12(10-13)21-17-15-8-9-23(18(15)20-11-16(17)24(27)28)31(29,30)14-4-2-1-3-5-14/h1-5,8-9,11-13,22H,6-7,10H2,(H,20,21)(H,25,26)/t12-,13-/m1/s1. The summed E-state index contributed by atoms with van der Waals surface area (Å²) in [5.74, 6) is 0. The zero-order chi connectivity index (χ0) is 22.2. The Morgan fingerprint density at radius 1 is 1.19 bits per heavy atom. The third-order valence-electron chi connectivity index (χ3n) is 5.27. The maximum atomic E-state index is 13.0. The molecule has 0 saturated heterocycles. The normalized spacial score (nSPS) is 18.7. The molecule has 12 heteroatoms. The van der Waals surface area contributed by atoms with Gasteiger partial charge in [0.1, 0.15) is 11.9 Å². The molecule has 31 heavy (non-hydrogen) atoms. The quantitative estimate of drug-likeness (QED) is 0.386. The molecule has 0 spiro atoms. The van der Waals surface area contributed by atoms with Crippen LogP contribution >= 0.6 is 0 Å². The summed E-state index contributed by atoms with van der Waals surface area (Å²) in [5.41, 5.74) is -0.0508. The molecular weight excluding hydrogens is 426 g/mol. The molecule has 2 aromatic heterocycles. The van der Waals surface area contributed by atoms with Crippen LogP contribution in [-0.4, -0.2) is 45.6 Å². The third-order valence-corrected chi connectivity index (χ3v) is 6.95. The predicted molar refractivity (Wildman–Crippen MR) is 112 cm³/mol. The summed E-state index contributed by atoms with van der Waals surface area (Å²) in [6, 6.07) is 8.83. The number of nitrogens with one attached hydrogen (secondary N) is 2. The third kappa shape index (κ3) is 3.89. The summed E-state index contributed by atoms with van der Waals surface area (Å²) in [5, 5.41) is 26.3. The van der Waals surface area contributed by atoms with Crippen molar-refractivity contribution in [2.24, 2.45) is 0 Å². The summed E-state index contributed by atoms with van der Waals surface area (Å²) >= 11 is 0. The van der Waals surface area contributed by atoms with Crippen LogP contribution in [-0.2, 0) is 10.0 Å². The van der Waals surface area contributed by atoms with Gasteiger partial charge in [-0.1, -0.05) is 18.2 Å². The van der Waals surface area contributed by atoms with Crippen LogP contribution in [0.15, 0.2) is 53.7 Å². The van der Waals surface area contributed by atoms with Crippen LogP contribution in [0.1, 0.15) is 19.3 Å². The van der Waals surface area contributed by atoms with E-state index in [0.29, 0.717) is 24.6 Å². The number of fused-ring (bicyclic) bond motifs is 1. The first-order valence-electron chi connectivity index (χ1n) is 9.48. The fraction of sp³-hybridized carbons (Fsp3) is 0.263. The fourth-order valence-electron chi connectivity index (χ4n) is 3.87. The first-order valence-corrected chi connectivity index (χ1v) is 10.9. The van der Waals surface area contributed by atoms with Crippen LogP contribution in [0.3, 0.4) is 0 Å². The topological polar surface area (TPSA) is 156 Å². The number of benzene rings is 1. The lowest BCUT2D eigenvalue weighted by atomic mass is 10.2. The van der Waals surface area contributed by atoms with E-state index in [9.17, 15) is 23.3 Å². The van der Waals surface area contributed by atoms with E-state index in [1.54, 1.807) is 18.2 Å². The summed E-state index contributed by atoms with van der Waals surface area (Å²) in [6.45, 7) is 0. The Morgan fingerprint density at radius 2 is 1.90 bits per heavy atom. The van der Waals surface area contributed by atoms with Crippen molar-refractivity contribution in [3.63, 3.8) is 0 Å². The van der Waals surface area contributed by atoms with Crippen molar-refractivity contribution in [1.29, 1.82) is 0 Å². The molecule has 0 radical (unpaired) electrons. The van der Waals surface area contributed by atoms with E-state index in [1.165, 1.54) is 24.4 Å². The van der Waals surface area contributed by atoms with Gasteiger partial charge in [-0.2, -0.15) is 0 Å². The number of hydrogen-bond acceptors (Lipinski definition) is 7. The van der Waals surface area contributed by atoms with Crippen LogP contribution in [0.4, 0.5) is 16.2 Å². The number of carboxylic acid groups (broad SMARTS) is 1. The Balaban J connectivity index is 1.74. The molecule has 4 rings (SSSR count). The Labute approximate surface area is 176 Å². The lowest BCUT2D eigenvalue weighted by molar-refractivity contribution is -0.384. The van der Waals surface area contributed by atoms with Gasteiger partial charge < -0.3 is 15.7 Å². The molecule has 1 amide bonds. The monoisotopic (exact) mass is 445 g/mol. The average molecular weight is 445 g/mol. The van der Waals surface area contributed by atoms with Gasteiger partial charge >= 0.3 is 11.8 Å². The number of nitro groups is 1. The molecule has 0 aliphatic heterocycles. The molecule has 1 fully saturated rings. The number of amides is 1. The minimum absolute atomic E-state index is 0.0650. The Morgan fingerprint density at radius 3 is 2.58 bits per heavy atom. The molecule has 0 unspecified atom stereocenters. The molecule has 1 aliphatic rings. The van der Waals surface area contributed by atoms with Crippen LogP contribution in [0.2, 0.25) is 0 Å². The summed E-state index contributed by atoms with van der Waals surface area (Å²) < 4.78 is 27.1. The lowest BCUT2D eigenvalue weighted by Gasteiger charge is -2.16. The van der Waals surface area contributed by atoms with Gasteiger partial charge in [0.2, 0.25) is 0 Å². The Hall–Kier alpha value is -3.67. The van der Waals surface area contributed by atoms with Gasteiger partial charge in [-0.25, -0.2) is 22.2 Å². The summed E-state index contributed by atoms with van der Waals surface area (Å²) in [7, 11) is -3.94. The van der Waals surface area contributed by atoms with E-state index in [1.807, 2.05) is 0 Å². The van der Waals surface area contributed by atoms with E-state index in [-0.39, 0.29) is 34.0 Å². The highest BCUT2D eigenvalue weighted by molar-refractivity contribution is 7.90. The van der Waals surface area contributed by atoms with Gasteiger partial charge in [0, 0.05) is 18.3 Å². The molecule has 2 heterocycles. The minimum Gasteiger partial charge on any atom is -0.465 e. The minimum atomic E-state index is -3.94. The number of nitrogens with zero attached hydrogens (tertiary/aromatic N) is 3. The van der Waals surface area contributed by atoms with Crippen molar-refractivity contribution in [3.05, 3.63) is 58.9 Å². The number of rotatable bonds is 6. The maximum absolute atomic E-state index is 13.0. The molecule has 3 N–H and O–H groups in total. The largest absolute Gasteiger partial charge is 0.465 e. The van der Waals surface area contributed by atoms with E-state index >= 15 is 0 Å². The van der Waals surface area contributed by atoms with Gasteiger partial charge in [0.25, 0.3) is 10.0 Å². The van der Waals surface area contributed by atoms with Gasteiger partial charge in [-0.3, -0.25) is 10.1 Å².